The van der Waals surface area contributed by atoms with E-state index in [0.29, 0.717) is 39.3 Å². The first-order valence-corrected chi connectivity index (χ1v) is 10.2. The zero-order valence-corrected chi connectivity index (χ0v) is 17.6. The predicted molar refractivity (Wildman–Crippen MR) is 112 cm³/mol. The monoisotopic (exact) mass is 427 g/mol. The topological polar surface area (TPSA) is 90.3 Å². The Morgan fingerprint density at radius 1 is 1.17 bits per heavy atom. The zero-order valence-electron chi connectivity index (χ0n) is 15.9. The van der Waals surface area contributed by atoms with Crippen LogP contribution in [0.15, 0.2) is 36.7 Å². The normalized spacial score (nSPS) is 10.9. The van der Waals surface area contributed by atoms with Gasteiger partial charge in [0.2, 0.25) is 0 Å². The lowest BCUT2D eigenvalue weighted by atomic mass is 10.2. The number of amides is 1. The van der Waals surface area contributed by atoms with Crippen LogP contribution in [0.3, 0.4) is 0 Å². The Labute approximate surface area is 174 Å². The molecule has 0 radical (unpaired) electrons. The van der Waals surface area contributed by atoms with E-state index in [-0.39, 0.29) is 5.91 Å². The van der Waals surface area contributed by atoms with Gasteiger partial charge in [0.05, 0.1) is 26.5 Å². The van der Waals surface area contributed by atoms with Crippen LogP contribution >= 0.6 is 22.9 Å². The molecule has 29 heavy (non-hydrogen) atoms. The number of carbonyl (C=O) groups is 1. The highest BCUT2D eigenvalue weighted by Gasteiger charge is 2.26. The molecule has 3 heterocycles. The van der Waals surface area contributed by atoms with Gasteiger partial charge in [-0.1, -0.05) is 21.9 Å². The number of methoxy groups -OCH3 is 2. The molecule has 3 aromatic heterocycles. The third-order valence-electron chi connectivity index (χ3n) is 4.28. The maximum Gasteiger partial charge on any atom is 0.274 e. The van der Waals surface area contributed by atoms with E-state index in [2.05, 4.69) is 14.6 Å². The van der Waals surface area contributed by atoms with Gasteiger partial charge in [-0.25, -0.2) is 4.98 Å². The molecule has 148 valence electrons. The van der Waals surface area contributed by atoms with Crippen LogP contribution in [-0.4, -0.2) is 39.7 Å². The van der Waals surface area contributed by atoms with E-state index in [0.717, 1.165) is 21.8 Å². The number of benzene rings is 1. The maximum atomic E-state index is 13.4. The lowest BCUT2D eigenvalue weighted by molar-refractivity contribution is 0.0988. The van der Waals surface area contributed by atoms with Crippen molar-refractivity contribution in [2.24, 2.45) is 0 Å². The van der Waals surface area contributed by atoms with Crippen LogP contribution in [0.2, 0.25) is 0 Å². The highest BCUT2D eigenvalue weighted by atomic mass is 32.1. The minimum Gasteiger partial charge on any atom is -0.495 e. The van der Waals surface area contributed by atoms with E-state index in [4.69, 9.17) is 14.5 Å². The SMILES string of the molecule is COc1ccc(OC)c2sc(N(Cc3cccnc3)C(=O)c3snnc3C)nc12. The Bertz CT molecular complexity index is 1120. The number of anilines is 1. The molecule has 0 saturated carbocycles. The molecule has 10 heteroatoms. The van der Waals surface area contributed by atoms with Crippen LogP contribution in [0, 0.1) is 6.92 Å². The fraction of sp³-hybridized carbons (Fsp3) is 0.211. The number of thiazole rings is 1. The molecule has 0 atom stereocenters. The quantitative estimate of drug-likeness (QED) is 0.463. The molecule has 4 aromatic rings. The van der Waals surface area contributed by atoms with Crippen molar-refractivity contribution in [3.63, 3.8) is 0 Å². The fourth-order valence-electron chi connectivity index (χ4n) is 2.84. The Hall–Kier alpha value is -3.11. The number of aryl methyl sites for hydroxylation is 1. The number of hydrogen-bond acceptors (Lipinski definition) is 9. The van der Waals surface area contributed by atoms with Crippen LogP contribution in [0.4, 0.5) is 5.13 Å². The summed E-state index contributed by atoms with van der Waals surface area (Å²) >= 11 is 2.44. The second kappa shape index (κ2) is 8.10. The summed E-state index contributed by atoms with van der Waals surface area (Å²) < 4.78 is 15.6. The summed E-state index contributed by atoms with van der Waals surface area (Å²) in [5.74, 6) is 1.08. The highest BCUT2D eigenvalue weighted by Crippen LogP contribution is 2.40. The third-order valence-corrected chi connectivity index (χ3v) is 6.19. The second-order valence-electron chi connectivity index (χ2n) is 6.08. The molecule has 0 aliphatic heterocycles. The van der Waals surface area contributed by atoms with Crippen molar-refractivity contribution in [3.8, 4) is 11.5 Å². The summed E-state index contributed by atoms with van der Waals surface area (Å²) in [7, 11) is 3.19. The van der Waals surface area contributed by atoms with Crippen molar-refractivity contribution < 1.29 is 14.3 Å². The van der Waals surface area contributed by atoms with Gasteiger partial charge >= 0.3 is 0 Å². The van der Waals surface area contributed by atoms with Crippen LogP contribution < -0.4 is 14.4 Å². The molecule has 1 amide bonds. The summed E-state index contributed by atoms with van der Waals surface area (Å²) in [6.07, 6.45) is 3.42. The van der Waals surface area contributed by atoms with Crippen LogP contribution in [0.25, 0.3) is 10.2 Å². The van der Waals surface area contributed by atoms with Crippen molar-refractivity contribution in [1.82, 2.24) is 19.6 Å². The number of carbonyl (C=O) groups excluding carboxylic acids is 1. The van der Waals surface area contributed by atoms with Gasteiger partial charge in [-0.2, -0.15) is 0 Å². The van der Waals surface area contributed by atoms with Crippen molar-refractivity contribution >= 4 is 44.1 Å². The Morgan fingerprint density at radius 2 is 1.97 bits per heavy atom. The van der Waals surface area contributed by atoms with E-state index in [1.54, 1.807) is 44.5 Å². The standard InChI is InChI=1S/C19H17N5O3S2/c1-11-16(29-23-22-11)18(25)24(10-12-5-4-8-20-9-12)19-21-15-13(26-2)6-7-14(27-3)17(15)28-19/h4-9H,10H2,1-3H3. The average Bonchev–Trinajstić information content (AvgIpc) is 3.38. The number of ether oxygens (including phenoxy) is 2. The Kier molecular flexibility index (Phi) is 5.36. The number of fused-ring (bicyclic) bond motifs is 1. The molecule has 0 spiro atoms. The largest absolute Gasteiger partial charge is 0.495 e. The second-order valence-corrected chi connectivity index (χ2v) is 7.82. The van der Waals surface area contributed by atoms with Gasteiger partial charge in [0.1, 0.15) is 26.6 Å². The molecule has 0 N–H and O–H groups in total. The molecule has 0 fully saturated rings. The molecule has 0 unspecified atom stereocenters. The summed E-state index contributed by atoms with van der Waals surface area (Å²) in [6.45, 7) is 2.08. The van der Waals surface area contributed by atoms with Gasteiger partial charge in [-0.05, 0) is 42.2 Å². The smallest absolute Gasteiger partial charge is 0.274 e. The first-order chi connectivity index (χ1) is 14.1. The summed E-state index contributed by atoms with van der Waals surface area (Å²) in [6, 6.07) is 7.38. The van der Waals surface area contributed by atoms with Gasteiger partial charge < -0.3 is 9.47 Å². The molecule has 0 bridgehead atoms. The van der Waals surface area contributed by atoms with Gasteiger partial charge in [0.15, 0.2) is 5.13 Å². The van der Waals surface area contributed by atoms with Crippen molar-refractivity contribution in [1.29, 1.82) is 0 Å². The number of aromatic nitrogens is 4. The molecule has 0 saturated heterocycles. The van der Waals surface area contributed by atoms with E-state index in [9.17, 15) is 4.79 Å². The number of hydrogen-bond donors (Lipinski definition) is 0. The Morgan fingerprint density at radius 3 is 2.62 bits per heavy atom. The van der Waals surface area contributed by atoms with E-state index in [1.807, 2.05) is 18.2 Å². The van der Waals surface area contributed by atoms with Gasteiger partial charge in [-0.15, -0.1) is 5.10 Å². The number of rotatable bonds is 6. The lowest BCUT2D eigenvalue weighted by Gasteiger charge is -2.19. The zero-order chi connectivity index (χ0) is 20.4. The van der Waals surface area contributed by atoms with Gasteiger partial charge in [0, 0.05) is 12.4 Å². The van der Waals surface area contributed by atoms with Crippen molar-refractivity contribution in [2.45, 2.75) is 13.5 Å². The molecule has 0 aliphatic carbocycles. The van der Waals surface area contributed by atoms with E-state index in [1.165, 1.54) is 11.3 Å². The maximum absolute atomic E-state index is 13.4. The molecule has 1 aromatic carbocycles. The van der Waals surface area contributed by atoms with Crippen molar-refractivity contribution in [2.75, 3.05) is 19.1 Å². The predicted octanol–water partition coefficient (Wildman–Crippen LogP) is 3.72. The van der Waals surface area contributed by atoms with E-state index < -0.39 is 0 Å². The molecule has 4 rings (SSSR count). The number of pyridine rings is 1. The average molecular weight is 428 g/mol. The molecular weight excluding hydrogens is 410 g/mol. The third kappa shape index (κ3) is 3.64. The van der Waals surface area contributed by atoms with Crippen LogP contribution in [0.1, 0.15) is 20.9 Å². The molecule has 0 aliphatic rings. The van der Waals surface area contributed by atoms with E-state index >= 15 is 0 Å². The first-order valence-electron chi connectivity index (χ1n) is 8.63. The summed E-state index contributed by atoms with van der Waals surface area (Å²) in [4.78, 5) is 24.3. The highest BCUT2D eigenvalue weighted by molar-refractivity contribution is 7.22. The summed E-state index contributed by atoms with van der Waals surface area (Å²) in [5, 5.41) is 4.50. The first kappa shape index (κ1) is 19.2. The minimum atomic E-state index is -0.210. The number of nitrogens with zero attached hydrogens (tertiary/aromatic N) is 5. The van der Waals surface area contributed by atoms with Gasteiger partial charge in [-0.3, -0.25) is 14.7 Å². The lowest BCUT2D eigenvalue weighted by Crippen LogP contribution is -2.30. The molecule has 8 nitrogen and oxygen atoms in total. The van der Waals surface area contributed by atoms with Crippen molar-refractivity contribution in [3.05, 3.63) is 52.8 Å². The molecular formula is C19H17N5O3S2. The van der Waals surface area contributed by atoms with Gasteiger partial charge in [0.25, 0.3) is 5.91 Å². The Balaban J connectivity index is 1.84. The van der Waals surface area contributed by atoms with Crippen LogP contribution in [-0.2, 0) is 6.54 Å². The van der Waals surface area contributed by atoms with Crippen LogP contribution in [0.5, 0.6) is 11.5 Å². The fourth-order valence-corrected chi connectivity index (χ4v) is 4.52. The summed E-state index contributed by atoms with van der Waals surface area (Å²) in [5.41, 5.74) is 2.12. The minimum absolute atomic E-state index is 0.210.